The third-order valence-corrected chi connectivity index (χ3v) is 2.35. The van der Waals surface area contributed by atoms with E-state index in [4.69, 9.17) is 0 Å². The van der Waals surface area contributed by atoms with Crippen molar-refractivity contribution in [3.8, 4) is 0 Å². The van der Waals surface area contributed by atoms with E-state index in [2.05, 4.69) is 11.6 Å². The highest BCUT2D eigenvalue weighted by atomic mass is 32.1. The minimum absolute atomic E-state index is 0.0260. The smallest absolute Gasteiger partial charge is 0.279 e. The van der Waals surface area contributed by atoms with Crippen LogP contribution in [0, 0.1) is 0 Å². The number of rotatable bonds is 0. The van der Waals surface area contributed by atoms with Crippen LogP contribution < -0.4 is 14.9 Å². The predicted octanol–water partition coefficient (Wildman–Crippen LogP) is -0.533. The van der Waals surface area contributed by atoms with E-state index in [0.29, 0.717) is 12.0 Å². The van der Waals surface area contributed by atoms with E-state index in [1.807, 2.05) is 6.08 Å². The second-order valence-corrected chi connectivity index (χ2v) is 3.29. The summed E-state index contributed by atoms with van der Waals surface area (Å²) < 4.78 is 2.37. The fourth-order valence-electron chi connectivity index (χ4n) is 1.02. The number of fused-ring (bicyclic) bond motifs is 1. The quantitative estimate of drug-likeness (QED) is 0.510. The SMILES string of the molecule is C=c1sc(=O)n2c1=NC=CC2. The summed E-state index contributed by atoms with van der Waals surface area (Å²) >= 11 is 1.15. The monoisotopic (exact) mass is 166 g/mol. The average molecular weight is 166 g/mol. The van der Waals surface area contributed by atoms with Gasteiger partial charge in [-0.25, -0.2) is 4.99 Å². The standard InChI is InChI=1S/C7H6N2OS/c1-5-6-8-3-2-4-9(6)7(10)11-5/h2-3H,1,4H2. The van der Waals surface area contributed by atoms with Crippen molar-refractivity contribution in [1.82, 2.24) is 4.57 Å². The Kier molecular flexibility index (Phi) is 1.29. The van der Waals surface area contributed by atoms with Gasteiger partial charge in [-0.2, -0.15) is 0 Å². The largest absolute Gasteiger partial charge is 0.309 e. The Morgan fingerprint density at radius 3 is 3.27 bits per heavy atom. The number of allylic oxidation sites excluding steroid dienone is 1. The highest BCUT2D eigenvalue weighted by molar-refractivity contribution is 7.06. The van der Waals surface area contributed by atoms with Gasteiger partial charge in [-0.1, -0.05) is 17.9 Å². The van der Waals surface area contributed by atoms with Crippen molar-refractivity contribution in [2.24, 2.45) is 4.99 Å². The molecule has 0 saturated heterocycles. The molecule has 0 aromatic carbocycles. The molecule has 2 rings (SSSR count). The van der Waals surface area contributed by atoms with Crippen LogP contribution in [-0.4, -0.2) is 4.57 Å². The molecule has 1 aromatic heterocycles. The summed E-state index contributed by atoms with van der Waals surface area (Å²) in [5.74, 6) is 0. The lowest BCUT2D eigenvalue weighted by molar-refractivity contribution is 0.735. The van der Waals surface area contributed by atoms with Crippen LogP contribution in [-0.2, 0) is 6.54 Å². The Morgan fingerprint density at radius 1 is 1.73 bits per heavy atom. The lowest BCUT2D eigenvalue weighted by atomic mass is 10.5. The van der Waals surface area contributed by atoms with Crippen molar-refractivity contribution < 1.29 is 0 Å². The summed E-state index contributed by atoms with van der Waals surface area (Å²) in [5, 5.41) is 0. The first-order valence-corrected chi connectivity index (χ1v) is 4.02. The van der Waals surface area contributed by atoms with Gasteiger partial charge in [0.15, 0.2) is 5.49 Å². The van der Waals surface area contributed by atoms with Gasteiger partial charge in [-0.3, -0.25) is 9.36 Å². The molecule has 0 unspecified atom stereocenters. The van der Waals surface area contributed by atoms with Crippen LogP contribution in [0.15, 0.2) is 22.1 Å². The van der Waals surface area contributed by atoms with Gasteiger partial charge in [0.25, 0.3) is 0 Å². The number of aromatic nitrogens is 1. The molecule has 11 heavy (non-hydrogen) atoms. The van der Waals surface area contributed by atoms with Crippen molar-refractivity contribution in [3.63, 3.8) is 0 Å². The van der Waals surface area contributed by atoms with Crippen molar-refractivity contribution in [2.45, 2.75) is 6.54 Å². The highest BCUT2D eigenvalue weighted by Crippen LogP contribution is 1.84. The number of hydrogen-bond acceptors (Lipinski definition) is 3. The second kappa shape index (κ2) is 2.17. The topological polar surface area (TPSA) is 34.4 Å². The van der Waals surface area contributed by atoms with Crippen LogP contribution >= 0.6 is 11.3 Å². The molecule has 0 fully saturated rings. The van der Waals surface area contributed by atoms with Crippen molar-refractivity contribution in [1.29, 1.82) is 0 Å². The maximum atomic E-state index is 11.1. The van der Waals surface area contributed by atoms with Crippen LogP contribution in [0.5, 0.6) is 0 Å². The van der Waals surface area contributed by atoms with E-state index in [9.17, 15) is 4.79 Å². The maximum absolute atomic E-state index is 11.1. The molecule has 0 radical (unpaired) electrons. The van der Waals surface area contributed by atoms with Crippen molar-refractivity contribution in [3.05, 3.63) is 32.0 Å². The fraction of sp³-hybridized carbons (Fsp3) is 0.143. The van der Waals surface area contributed by atoms with Crippen molar-refractivity contribution in [2.75, 3.05) is 0 Å². The summed E-state index contributed by atoms with van der Waals surface area (Å²) in [6.07, 6.45) is 3.55. The maximum Gasteiger partial charge on any atom is 0.309 e. The van der Waals surface area contributed by atoms with Crippen LogP contribution in [0.3, 0.4) is 0 Å². The lowest BCUT2D eigenvalue weighted by Crippen LogP contribution is -2.32. The van der Waals surface area contributed by atoms with Crippen LogP contribution in [0.1, 0.15) is 0 Å². The third kappa shape index (κ3) is 0.867. The minimum Gasteiger partial charge on any atom is -0.279 e. The summed E-state index contributed by atoms with van der Waals surface area (Å²) in [4.78, 5) is 15.2. The second-order valence-electron chi connectivity index (χ2n) is 2.24. The fourth-order valence-corrected chi connectivity index (χ4v) is 1.76. The zero-order chi connectivity index (χ0) is 7.84. The van der Waals surface area contributed by atoms with E-state index in [1.54, 1.807) is 10.8 Å². The lowest BCUT2D eigenvalue weighted by Gasteiger charge is -1.97. The van der Waals surface area contributed by atoms with E-state index < -0.39 is 0 Å². The molecule has 0 aliphatic carbocycles. The van der Waals surface area contributed by atoms with E-state index in [-0.39, 0.29) is 4.87 Å². The van der Waals surface area contributed by atoms with E-state index >= 15 is 0 Å². The molecule has 56 valence electrons. The first kappa shape index (κ1) is 6.54. The zero-order valence-electron chi connectivity index (χ0n) is 5.78. The number of nitrogens with zero attached hydrogens (tertiary/aromatic N) is 2. The predicted molar refractivity (Wildman–Crippen MR) is 44.0 cm³/mol. The number of hydrogen-bond donors (Lipinski definition) is 0. The van der Waals surface area contributed by atoms with Gasteiger partial charge >= 0.3 is 4.87 Å². The summed E-state index contributed by atoms with van der Waals surface area (Å²) in [6.45, 7) is 4.35. The molecule has 1 aliphatic rings. The summed E-state index contributed by atoms with van der Waals surface area (Å²) in [7, 11) is 0. The Morgan fingerprint density at radius 2 is 2.55 bits per heavy atom. The third-order valence-electron chi connectivity index (χ3n) is 1.53. The van der Waals surface area contributed by atoms with Gasteiger partial charge in [0.05, 0.1) is 4.53 Å². The molecule has 0 atom stereocenters. The molecule has 0 amide bonds. The molecule has 0 spiro atoms. The van der Waals surface area contributed by atoms with Gasteiger partial charge in [-0.05, 0) is 6.08 Å². The average Bonchev–Trinajstić information content (AvgIpc) is 2.30. The van der Waals surface area contributed by atoms with Gasteiger partial charge in [0.2, 0.25) is 0 Å². The van der Waals surface area contributed by atoms with Crippen LogP contribution in [0.25, 0.3) is 6.58 Å². The first-order valence-electron chi connectivity index (χ1n) is 3.20. The summed E-state index contributed by atoms with van der Waals surface area (Å²) in [5.41, 5.74) is 0.711. The first-order chi connectivity index (χ1) is 5.29. The minimum atomic E-state index is 0.0260. The van der Waals surface area contributed by atoms with Crippen LogP contribution in [0.2, 0.25) is 0 Å². The van der Waals surface area contributed by atoms with Gasteiger partial charge in [0, 0.05) is 12.7 Å². The van der Waals surface area contributed by atoms with Crippen molar-refractivity contribution >= 4 is 17.9 Å². The molecule has 4 heteroatoms. The molecule has 1 aliphatic heterocycles. The Hall–Kier alpha value is -1.16. The molecule has 1 aromatic rings. The Labute approximate surface area is 66.6 Å². The summed E-state index contributed by atoms with van der Waals surface area (Å²) in [6, 6.07) is 0. The van der Waals surface area contributed by atoms with E-state index in [0.717, 1.165) is 15.9 Å². The molecule has 0 saturated carbocycles. The molecule has 0 bridgehead atoms. The molecule has 2 heterocycles. The Bertz CT molecular complexity index is 466. The van der Waals surface area contributed by atoms with Gasteiger partial charge < -0.3 is 0 Å². The zero-order valence-corrected chi connectivity index (χ0v) is 6.60. The molecular weight excluding hydrogens is 160 g/mol. The van der Waals surface area contributed by atoms with Crippen LogP contribution in [0.4, 0.5) is 0 Å². The highest BCUT2D eigenvalue weighted by Gasteiger charge is 2.03. The molecule has 3 nitrogen and oxygen atoms in total. The molecular formula is C7H6N2OS. The normalized spacial score (nSPS) is 14.2. The van der Waals surface area contributed by atoms with E-state index in [1.165, 1.54) is 0 Å². The molecule has 0 N–H and O–H groups in total. The van der Waals surface area contributed by atoms with Gasteiger partial charge in [-0.15, -0.1) is 0 Å². The van der Waals surface area contributed by atoms with Gasteiger partial charge in [0.1, 0.15) is 0 Å². The number of thiazole rings is 1. The Balaban J connectivity index is 3.01.